The molecule has 0 saturated heterocycles. The predicted octanol–water partition coefficient (Wildman–Crippen LogP) is 4.16. The lowest BCUT2D eigenvalue weighted by molar-refractivity contribution is 0.918. The molecule has 2 heterocycles. The molecule has 0 unspecified atom stereocenters. The third kappa shape index (κ3) is 1.83. The van der Waals surface area contributed by atoms with Crippen LogP contribution in [0.3, 0.4) is 0 Å². The molecule has 0 amide bonds. The molecule has 2 aromatic rings. The Bertz CT molecular complexity index is 395. The Morgan fingerprint density at radius 1 is 1.00 bits per heavy atom. The zero-order chi connectivity index (χ0) is 10.1. The molecule has 0 atom stereocenters. The molecule has 2 N–H and O–H groups in total. The maximum Gasteiger partial charge on any atom is 0.0770 e. The molecule has 0 radical (unpaired) electrons. The molecule has 0 aliphatic rings. The van der Waals surface area contributed by atoms with Crippen LogP contribution in [0.1, 0.15) is 15.8 Å². The van der Waals surface area contributed by atoms with Crippen molar-refractivity contribution in [3.05, 3.63) is 42.7 Å². The Labute approximate surface area is 100 Å². The van der Waals surface area contributed by atoms with Crippen LogP contribution in [0.2, 0.25) is 10.0 Å². The van der Waals surface area contributed by atoms with Crippen LogP contribution in [-0.2, 0) is 0 Å². The van der Waals surface area contributed by atoms with Gasteiger partial charge in [-0.25, -0.2) is 0 Å². The summed E-state index contributed by atoms with van der Waals surface area (Å²) in [6.45, 7) is 0. The van der Waals surface area contributed by atoms with Crippen LogP contribution in [0.5, 0.6) is 0 Å². The van der Waals surface area contributed by atoms with Gasteiger partial charge in [0.2, 0.25) is 0 Å². The first kappa shape index (κ1) is 10.5. The van der Waals surface area contributed by atoms with Gasteiger partial charge in [-0.15, -0.1) is 22.7 Å². The number of nitrogens with two attached hydrogens (primary N) is 1. The van der Waals surface area contributed by atoms with E-state index in [4.69, 9.17) is 28.9 Å². The molecule has 0 bridgehead atoms. The minimum atomic E-state index is -0.199. The first-order valence-corrected chi connectivity index (χ1v) is 6.43. The molecule has 0 spiro atoms. The van der Waals surface area contributed by atoms with E-state index in [1.165, 1.54) is 0 Å². The maximum absolute atomic E-state index is 6.06. The summed E-state index contributed by atoms with van der Waals surface area (Å²) in [7, 11) is 0. The fourth-order valence-electron chi connectivity index (χ4n) is 1.17. The molecule has 0 aliphatic heterocycles. The van der Waals surface area contributed by atoms with Gasteiger partial charge in [0.25, 0.3) is 0 Å². The molecule has 2 rings (SSSR count). The van der Waals surface area contributed by atoms with E-state index in [0.717, 1.165) is 9.75 Å². The average molecular weight is 264 g/mol. The summed E-state index contributed by atoms with van der Waals surface area (Å²) in [6, 6.07) is 3.50. The summed E-state index contributed by atoms with van der Waals surface area (Å²) in [5.41, 5.74) is 6.06. The smallest absolute Gasteiger partial charge is 0.0770 e. The lowest BCUT2D eigenvalue weighted by Gasteiger charge is -2.08. The van der Waals surface area contributed by atoms with Crippen molar-refractivity contribution in [3.8, 4) is 0 Å². The summed E-state index contributed by atoms with van der Waals surface area (Å²) >= 11 is 15.1. The van der Waals surface area contributed by atoms with E-state index in [9.17, 15) is 0 Å². The van der Waals surface area contributed by atoms with Crippen LogP contribution in [0.15, 0.2) is 22.9 Å². The zero-order valence-corrected chi connectivity index (χ0v) is 10.2. The van der Waals surface area contributed by atoms with E-state index in [1.54, 1.807) is 22.7 Å². The van der Waals surface area contributed by atoms with Gasteiger partial charge in [-0.1, -0.05) is 23.2 Å². The summed E-state index contributed by atoms with van der Waals surface area (Å²) < 4.78 is 0. The quantitative estimate of drug-likeness (QED) is 0.865. The second-order valence-corrected chi connectivity index (χ2v) is 5.45. The van der Waals surface area contributed by atoms with Crippen molar-refractivity contribution in [1.82, 2.24) is 0 Å². The largest absolute Gasteiger partial charge is 0.319 e. The molecule has 5 heteroatoms. The third-order valence-corrected chi connectivity index (χ3v) is 4.74. The first-order chi connectivity index (χ1) is 6.70. The number of halogens is 2. The van der Waals surface area contributed by atoms with Crippen LogP contribution in [0, 0.1) is 0 Å². The maximum atomic E-state index is 6.06. The minimum absolute atomic E-state index is 0.199. The standard InChI is InChI=1S/C9H7Cl2NS2/c10-5-1-3-13-8(5)7(12)9-6(11)2-4-14-9/h1-4,7H,12H2. The molecule has 0 saturated carbocycles. The van der Waals surface area contributed by atoms with Crippen molar-refractivity contribution < 1.29 is 0 Å². The van der Waals surface area contributed by atoms with Crippen LogP contribution >= 0.6 is 45.9 Å². The lowest BCUT2D eigenvalue weighted by Crippen LogP contribution is -2.09. The van der Waals surface area contributed by atoms with Gasteiger partial charge >= 0.3 is 0 Å². The highest BCUT2D eigenvalue weighted by Crippen LogP contribution is 2.36. The number of hydrogen-bond acceptors (Lipinski definition) is 3. The predicted molar refractivity (Wildman–Crippen MR) is 64.7 cm³/mol. The van der Waals surface area contributed by atoms with Gasteiger partial charge in [0, 0.05) is 9.75 Å². The van der Waals surface area contributed by atoms with Crippen molar-refractivity contribution >= 4 is 45.9 Å². The van der Waals surface area contributed by atoms with Crippen LogP contribution < -0.4 is 5.73 Å². The molecule has 0 aromatic carbocycles. The van der Waals surface area contributed by atoms with Crippen molar-refractivity contribution in [1.29, 1.82) is 0 Å². The molecule has 1 nitrogen and oxygen atoms in total. The van der Waals surface area contributed by atoms with Crippen molar-refractivity contribution in [2.24, 2.45) is 5.73 Å². The van der Waals surface area contributed by atoms with Gasteiger partial charge in [0.1, 0.15) is 0 Å². The third-order valence-electron chi connectivity index (χ3n) is 1.85. The van der Waals surface area contributed by atoms with Crippen molar-refractivity contribution in [2.75, 3.05) is 0 Å². The molecule has 0 aliphatic carbocycles. The summed E-state index contributed by atoms with van der Waals surface area (Å²) in [5.74, 6) is 0. The van der Waals surface area contributed by atoms with Gasteiger partial charge in [-0.05, 0) is 22.9 Å². The van der Waals surface area contributed by atoms with Crippen molar-refractivity contribution in [2.45, 2.75) is 6.04 Å². The number of hydrogen-bond donors (Lipinski definition) is 1. The van der Waals surface area contributed by atoms with E-state index in [-0.39, 0.29) is 6.04 Å². The highest BCUT2D eigenvalue weighted by molar-refractivity contribution is 7.12. The van der Waals surface area contributed by atoms with Gasteiger partial charge in [-0.2, -0.15) is 0 Å². The minimum Gasteiger partial charge on any atom is -0.319 e. The molecule has 74 valence electrons. The van der Waals surface area contributed by atoms with Gasteiger partial charge in [-0.3, -0.25) is 0 Å². The fourth-order valence-corrected chi connectivity index (χ4v) is 3.62. The van der Waals surface area contributed by atoms with E-state index in [2.05, 4.69) is 0 Å². The summed E-state index contributed by atoms with van der Waals surface area (Å²) in [5, 5.41) is 5.29. The number of thiophene rings is 2. The highest BCUT2D eigenvalue weighted by Gasteiger charge is 2.17. The first-order valence-electron chi connectivity index (χ1n) is 3.91. The van der Waals surface area contributed by atoms with Crippen LogP contribution in [-0.4, -0.2) is 0 Å². The Kier molecular flexibility index (Phi) is 3.14. The average Bonchev–Trinajstić information content (AvgIpc) is 2.73. The van der Waals surface area contributed by atoms with E-state index in [0.29, 0.717) is 10.0 Å². The van der Waals surface area contributed by atoms with Gasteiger partial charge < -0.3 is 5.73 Å². The van der Waals surface area contributed by atoms with Crippen LogP contribution in [0.25, 0.3) is 0 Å². The second-order valence-electron chi connectivity index (χ2n) is 2.74. The Balaban J connectivity index is 2.38. The zero-order valence-electron chi connectivity index (χ0n) is 7.04. The Hall–Kier alpha value is -0.0600. The van der Waals surface area contributed by atoms with Gasteiger partial charge in [0.15, 0.2) is 0 Å². The number of rotatable bonds is 2. The molecule has 2 aromatic heterocycles. The van der Waals surface area contributed by atoms with Crippen molar-refractivity contribution in [3.63, 3.8) is 0 Å². The molecular weight excluding hydrogens is 257 g/mol. The van der Waals surface area contributed by atoms with Gasteiger partial charge in [0.05, 0.1) is 16.1 Å². The van der Waals surface area contributed by atoms with Crippen LogP contribution in [0.4, 0.5) is 0 Å². The second kappa shape index (κ2) is 4.21. The topological polar surface area (TPSA) is 26.0 Å². The summed E-state index contributed by atoms with van der Waals surface area (Å²) in [6.07, 6.45) is 0. The summed E-state index contributed by atoms with van der Waals surface area (Å²) in [4.78, 5) is 1.94. The fraction of sp³-hybridized carbons (Fsp3) is 0.111. The molecule has 14 heavy (non-hydrogen) atoms. The normalized spacial score (nSPS) is 11.1. The monoisotopic (exact) mass is 263 g/mol. The highest BCUT2D eigenvalue weighted by atomic mass is 35.5. The lowest BCUT2D eigenvalue weighted by atomic mass is 10.2. The Morgan fingerprint density at radius 3 is 1.71 bits per heavy atom. The van der Waals surface area contributed by atoms with E-state index in [1.807, 2.05) is 22.9 Å². The Morgan fingerprint density at radius 2 is 1.43 bits per heavy atom. The van der Waals surface area contributed by atoms with E-state index >= 15 is 0 Å². The molecule has 0 fully saturated rings. The molecular formula is C9H7Cl2NS2. The SMILES string of the molecule is NC(c1sccc1Cl)c1sccc1Cl. The van der Waals surface area contributed by atoms with E-state index < -0.39 is 0 Å².